The number of hydrogen-bond acceptors (Lipinski definition) is 5. The molecule has 0 radical (unpaired) electrons. The molecule has 30 heavy (non-hydrogen) atoms. The van der Waals surface area contributed by atoms with Gasteiger partial charge in [0.05, 0.1) is 18.9 Å². The molecule has 0 bridgehead atoms. The molecule has 1 fully saturated rings. The van der Waals surface area contributed by atoms with Crippen LogP contribution in [0.25, 0.3) is 6.08 Å². The van der Waals surface area contributed by atoms with Crippen molar-refractivity contribution in [1.29, 1.82) is 0 Å². The fraction of sp³-hybridized carbons (Fsp3) is 0.190. The molecule has 1 aliphatic rings. The monoisotopic (exact) mass is 476 g/mol. The van der Waals surface area contributed by atoms with Crippen LogP contribution in [0.1, 0.15) is 19.4 Å². The third-order valence-electron chi connectivity index (χ3n) is 4.15. The number of ether oxygens (including phenoxy) is 2. The van der Waals surface area contributed by atoms with Crippen LogP contribution in [0, 0.1) is 5.82 Å². The first-order valence-corrected chi connectivity index (χ1v) is 9.91. The summed E-state index contributed by atoms with van der Waals surface area (Å²) in [6.07, 6.45) is 1.35. The summed E-state index contributed by atoms with van der Waals surface area (Å²) in [5.41, 5.74) is 0.359. The molecular formula is C21H18BrFN2O5. The van der Waals surface area contributed by atoms with Crippen LogP contribution in [0.5, 0.6) is 11.5 Å². The number of nitrogens with one attached hydrogen (secondary N) is 1. The average molecular weight is 477 g/mol. The summed E-state index contributed by atoms with van der Waals surface area (Å²) in [6, 6.07) is 7.19. The second-order valence-corrected chi connectivity index (χ2v) is 6.98. The average Bonchev–Trinajstić information content (AvgIpc) is 2.69. The number of benzene rings is 2. The Morgan fingerprint density at radius 3 is 2.23 bits per heavy atom. The van der Waals surface area contributed by atoms with Gasteiger partial charge in [-0.3, -0.25) is 14.9 Å². The van der Waals surface area contributed by atoms with Crippen molar-refractivity contribution >= 4 is 45.5 Å². The van der Waals surface area contributed by atoms with Gasteiger partial charge in [-0.15, -0.1) is 0 Å². The zero-order valence-electron chi connectivity index (χ0n) is 16.2. The van der Waals surface area contributed by atoms with Gasteiger partial charge in [-0.2, -0.15) is 0 Å². The molecule has 0 spiro atoms. The SMILES string of the molecule is CCOc1cc(Br)c(/C=C2\C(=O)NC(=O)N(c3ccc(F)cc3)C2=O)cc1OCC. The number of urea groups is 1. The van der Waals surface area contributed by atoms with Crippen molar-refractivity contribution < 1.29 is 28.2 Å². The first-order chi connectivity index (χ1) is 14.3. The van der Waals surface area contributed by atoms with Crippen LogP contribution >= 0.6 is 15.9 Å². The Balaban J connectivity index is 2.03. The molecule has 4 amide bonds. The number of imide groups is 2. The van der Waals surface area contributed by atoms with Gasteiger partial charge in [-0.05, 0) is 61.9 Å². The summed E-state index contributed by atoms with van der Waals surface area (Å²) >= 11 is 3.40. The number of barbiturate groups is 1. The van der Waals surface area contributed by atoms with Gasteiger partial charge in [0.1, 0.15) is 11.4 Å². The Hall–Kier alpha value is -3.20. The Morgan fingerprint density at radius 2 is 1.63 bits per heavy atom. The molecular weight excluding hydrogens is 459 g/mol. The first-order valence-electron chi connectivity index (χ1n) is 9.11. The molecule has 1 N–H and O–H groups in total. The van der Waals surface area contributed by atoms with Gasteiger partial charge in [0, 0.05) is 4.47 Å². The molecule has 1 aliphatic heterocycles. The standard InChI is InChI=1S/C21H18BrFN2O5/c1-3-29-17-10-12(16(22)11-18(17)30-4-2)9-15-19(26)24-21(28)25(20(15)27)14-7-5-13(23)6-8-14/h5-11H,3-4H2,1-2H3,(H,24,26,28)/b15-9+. The summed E-state index contributed by atoms with van der Waals surface area (Å²) in [4.78, 5) is 38.3. The number of hydrogen-bond donors (Lipinski definition) is 1. The molecule has 0 atom stereocenters. The fourth-order valence-electron chi connectivity index (χ4n) is 2.84. The molecule has 3 rings (SSSR count). The number of halogens is 2. The van der Waals surface area contributed by atoms with E-state index in [1.165, 1.54) is 18.2 Å². The van der Waals surface area contributed by atoms with Crippen molar-refractivity contribution in [3.05, 3.63) is 57.8 Å². The molecule has 0 aromatic heterocycles. The minimum absolute atomic E-state index is 0.137. The third-order valence-corrected chi connectivity index (χ3v) is 4.84. The summed E-state index contributed by atoms with van der Waals surface area (Å²) in [5.74, 6) is -1.21. The van der Waals surface area contributed by atoms with E-state index >= 15 is 0 Å². The van der Waals surface area contributed by atoms with Crippen molar-refractivity contribution in [2.75, 3.05) is 18.1 Å². The van der Waals surface area contributed by atoms with Gasteiger partial charge in [-0.1, -0.05) is 15.9 Å². The maximum absolute atomic E-state index is 13.2. The van der Waals surface area contributed by atoms with Gasteiger partial charge in [0.15, 0.2) is 11.5 Å². The van der Waals surface area contributed by atoms with Gasteiger partial charge >= 0.3 is 6.03 Å². The van der Waals surface area contributed by atoms with E-state index in [-0.39, 0.29) is 11.3 Å². The first kappa shape index (κ1) is 21.5. The van der Waals surface area contributed by atoms with E-state index in [2.05, 4.69) is 21.2 Å². The zero-order chi connectivity index (χ0) is 21.8. The third kappa shape index (κ3) is 4.35. The summed E-state index contributed by atoms with van der Waals surface area (Å²) in [6.45, 7) is 4.48. The minimum Gasteiger partial charge on any atom is -0.490 e. The van der Waals surface area contributed by atoms with E-state index in [0.29, 0.717) is 34.7 Å². The fourth-order valence-corrected chi connectivity index (χ4v) is 3.27. The van der Waals surface area contributed by atoms with Gasteiger partial charge < -0.3 is 9.47 Å². The van der Waals surface area contributed by atoms with E-state index in [9.17, 15) is 18.8 Å². The summed E-state index contributed by atoms with van der Waals surface area (Å²) in [5, 5.41) is 2.13. The number of amides is 4. The topological polar surface area (TPSA) is 84.9 Å². The van der Waals surface area contributed by atoms with Crippen LogP contribution in [-0.2, 0) is 9.59 Å². The lowest BCUT2D eigenvalue weighted by atomic mass is 10.1. The van der Waals surface area contributed by atoms with Crippen molar-refractivity contribution in [3.63, 3.8) is 0 Å². The van der Waals surface area contributed by atoms with Gasteiger partial charge in [0.25, 0.3) is 11.8 Å². The molecule has 7 nitrogen and oxygen atoms in total. The lowest BCUT2D eigenvalue weighted by Crippen LogP contribution is -2.54. The maximum Gasteiger partial charge on any atom is 0.335 e. The predicted octanol–water partition coefficient (Wildman–Crippen LogP) is 4.05. The van der Waals surface area contributed by atoms with E-state index in [0.717, 1.165) is 17.0 Å². The van der Waals surface area contributed by atoms with E-state index < -0.39 is 23.7 Å². The van der Waals surface area contributed by atoms with Crippen LogP contribution in [-0.4, -0.2) is 31.1 Å². The number of nitrogens with zero attached hydrogens (tertiary/aromatic N) is 1. The minimum atomic E-state index is -0.908. The Kier molecular flexibility index (Phi) is 6.51. The largest absolute Gasteiger partial charge is 0.490 e. The molecule has 0 aliphatic carbocycles. The van der Waals surface area contributed by atoms with Crippen LogP contribution in [0.15, 0.2) is 46.4 Å². The lowest BCUT2D eigenvalue weighted by molar-refractivity contribution is -0.122. The smallest absolute Gasteiger partial charge is 0.335 e. The number of rotatable bonds is 6. The predicted molar refractivity (Wildman–Crippen MR) is 112 cm³/mol. The van der Waals surface area contributed by atoms with Crippen LogP contribution < -0.4 is 19.7 Å². The van der Waals surface area contributed by atoms with E-state index in [1.807, 2.05) is 13.8 Å². The molecule has 156 valence electrons. The summed E-state index contributed by atoms with van der Waals surface area (Å²) in [7, 11) is 0. The lowest BCUT2D eigenvalue weighted by Gasteiger charge is -2.26. The molecule has 2 aromatic carbocycles. The quantitative estimate of drug-likeness (QED) is 0.502. The Labute approximate surface area is 180 Å². The second-order valence-electron chi connectivity index (χ2n) is 6.12. The van der Waals surface area contributed by atoms with Crippen molar-refractivity contribution in [1.82, 2.24) is 5.32 Å². The molecule has 0 saturated carbocycles. The van der Waals surface area contributed by atoms with Crippen LogP contribution in [0.3, 0.4) is 0 Å². The van der Waals surface area contributed by atoms with Crippen LogP contribution in [0.4, 0.5) is 14.9 Å². The maximum atomic E-state index is 13.2. The molecule has 0 unspecified atom stereocenters. The highest BCUT2D eigenvalue weighted by molar-refractivity contribution is 9.10. The molecule has 1 saturated heterocycles. The Morgan fingerprint density at radius 1 is 1.03 bits per heavy atom. The van der Waals surface area contributed by atoms with E-state index in [1.54, 1.807) is 12.1 Å². The van der Waals surface area contributed by atoms with Gasteiger partial charge in [0.2, 0.25) is 0 Å². The number of carbonyl (C=O) groups excluding carboxylic acids is 3. The normalized spacial score (nSPS) is 15.4. The number of carbonyl (C=O) groups is 3. The highest BCUT2D eigenvalue weighted by Crippen LogP contribution is 2.35. The summed E-state index contributed by atoms with van der Waals surface area (Å²) < 4.78 is 24.9. The second kappa shape index (κ2) is 9.08. The van der Waals surface area contributed by atoms with Gasteiger partial charge in [-0.25, -0.2) is 14.1 Å². The molecule has 9 heteroatoms. The van der Waals surface area contributed by atoms with Crippen molar-refractivity contribution in [3.8, 4) is 11.5 Å². The molecule has 2 aromatic rings. The van der Waals surface area contributed by atoms with Crippen LogP contribution in [0.2, 0.25) is 0 Å². The zero-order valence-corrected chi connectivity index (χ0v) is 17.8. The number of anilines is 1. The molecule has 1 heterocycles. The van der Waals surface area contributed by atoms with Crippen molar-refractivity contribution in [2.24, 2.45) is 0 Å². The Bertz CT molecular complexity index is 1040. The van der Waals surface area contributed by atoms with E-state index in [4.69, 9.17) is 9.47 Å². The van der Waals surface area contributed by atoms with Crippen molar-refractivity contribution in [2.45, 2.75) is 13.8 Å². The highest BCUT2D eigenvalue weighted by Gasteiger charge is 2.37. The highest BCUT2D eigenvalue weighted by atomic mass is 79.9.